The van der Waals surface area contributed by atoms with Gasteiger partial charge in [0.05, 0.1) is 17.6 Å². The number of fused-ring (bicyclic) bond motifs is 1. The third kappa shape index (κ3) is 4.83. The van der Waals surface area contributed by atoms with Gasteiger partial charge in [0.2, 0.25) is 0 Å². The lowest BCUT2D eigenvalue weighted by atomic mass is 9.84. The fraction of sp³-hybridized carbons (Fsp3) is 0.222. The van der Waals surface area contributed by atoms with Crippen LogP contribution in [0.25, 0.3) is 22.0 Å². The molecule has 1 heterocycles. The Hall–Kier alpha value is -4.00. The van der Waals surface area contributed by atoms with Crippen molar-refractivity contribution in [3.63, 3.8) is 0 Å². The van der Waals surface area contributed by atoms with Crippen LogP contribution in [0.2, 0.25) is 0 Å². The molecule has 34 heavy (non-hydrogen) atoms. The predicted octanol–water partition coefficient (Wildman–Crippen LogP) is 5.43. The maximum absolute atomic E-state index is 13.3. The number of rotatable bonds is 5. The molecular formula is C27H26FN3O3. The van der Waals surface area contributed by atoms with Crippen LogP contribution >= 0.6 is 0 Å². The van der Waals surface area contributed by atoms with Gasteiger partial charge in [0.1, 0.15) is 11.9 Å². The number of benzene rings is 3. The molecule has 174 valence electrons. The van der Waals surface area contributed by atoms with Gasteiger partial charge in [0.25, 0.3) is 5.56 Å². The molecule has 0 saturated carbocycles. The van der Waals surface area contributed by atoms with Gasteiger partial charge >= 0.3 is 6.09 Å². The fourth-order valence-corrected chi connectivity index (χ4v) is 4.00. The van der Waals surface area contributed by atoms with E-state index in [0.717, 1.165) is 22.1 Å². The molecule has 4 rings (SSSR count). The molecule has 0 spiro atoms. The van der Waals surface area contributed by atoms with Gasteiger partial charge in [-0.3, -0.25) is 4.79 Å². The van der Waals surface area contributed by atoms with Crippen LogP contribution < -0.4 is 11.3 Å². The topological polar surface area (TPSA) is 87.2 Å². The Labute approximate surface area is 196 Å². The first-order chi connectivity index (χ1) is 16.1. The molecule has 1 aromatic heterocycles. The summed E-state index contributed by atoms with van der Waals surface area (Å²) in [6, 6.07) is 20.8. The van der Waals surface area contributed by atoms with Gasteiger partial charge < -0.3 is 10.5 Å². The van der Waals surface area contributed by atoms with Gasteiger partial charge in [0, 0.05) is 16.4 Å². The zero-order valence-electron chi connectivity index (χ0n) is 19.3. The van der Waals surface area contributed by atoms with E-state index in [4.69, 9.17) is 10.5 Å². The molecule has 1 atom stereocenters. The number of halogens is 1. The van der Waals surface area contributed by atoms with Crippen molar-refractivity contribution in [2.45, 2.75) is 33.4 Å². The number of aromatic nitrogens is 2. The van der Waals surface area contributed by atoms with Crippen molar-refractivity contribution in [1.82, 2.24) is 9.78 Å². The summed E-state index contributed by atoms with van der Waals surface area (Å²) in [7, 11) is 0. The van der Waals surface area contributed by atoms with Crippen LogP contribution in [-0.4, -0.2) is 15.9 Å². The average Bonchev–Trinajstić information content (AvgIpc) is 2.80. The highest BCUT2D eigenvalue weighted by molar-refractivity contribution is 5.93. The standard InChI is InChI=1S/C27H26FN3O3/c1-27(2,3)24(34-26(29)33)19-12-10-18(11-13-19)23-21-6-4-5-7-22(21)25(32)31(30-23)16-17-8-14-20(28)15-9-17/h4-15,24H,16H2,1-3H3,(H2,29,33). The van der Waals surface area contributed by atoms with Gasteiger partial charge in [-0.25, -0.2) is 13.9 Å². The molecule has 6 nitrogen and oxygen atoms in total. The third-order valence-electron chi connectivity index (χ3n) is 5.62. The molecule has 0 aliphatic heterocycles. The number of primary amides is 1. The second-order valence-corrected chi connectivity index (χ2v) is 9.29. The van der Waals surface area contributed by atoms with Crippen LogP contribution in [0.4, 0.5) is 9.18 Å². The molecular weight excluding hydrogens is 433 g/mol. The van der Waals surface area contributed by atoms with Crippen molar-refractivity contribution < 1.29 is 13.9 Å². The van der Waals surface area contributed by atoms with E-state index in [9.17, 15) is 14.0 Å². The minimum atomic E-state index is -0.829. The molecule has 0 fully saturated rings. The summed E-state index contributed by atoms with van der Waals surface area (Å²) in [6.45, 7) is 6.12. The number of ether oxygens (including phenoxy) is 1. The first kappa shape index (κ1) is 23.2. The van der Waals surface area contributed by atoms with E-state index < -0.39 is 12.2 Å². The molecule has 4 aromatic rings. The highest BCUT2D eigenvalue weighted by Gasteiger charge is 2.29. The number of carbonyl (C=O) groups is 1. The minimum absolute atomic E-state index is 0.216. The zero-order valence-corrected chi connectivity index (χ0v) is 19.3. The Morgan fingerprint density at radius 1 is 1.00 bits per heavy atom. The van der Waals surface area contributed by atoms with E-state index in [1.807, 2.05) is 63.2 Å². The molecule has 0 radical (unpaired) electrons. The molecule has 2 N–H and O–H groups in total. The van der Waals surface area contributed by atoms with Gasteiger partial charge in [-0.2, -0.15) is 5.10 Å². The smallest absolute Gasteiger partial charge is 0.405 e. The lowest BCUT2D eigenvalue weighted by Gasteiger charge is -2.30. The maximum Gasteiger partial charge on any atom is 0.405 e. The highest BCUT2D eigenvalue weighted by atomic mass is 19.1. The van der Waals surface area contributed by atoms with Crippen molar-refractivity contribution >= 4 is 16.9 Å². The number of carbonyl (C=O) groups excluding carboxylic acids is 1. The summed E-state index contributed by atoms with van der Waals surface area (Å²) >= 11 is 0. The molecule has 3 aromatic carbocycles. The first-order valence-electron chi connectivity index (χ1n) is 10.9. The van der Waals surface area contributed by atoms with Crippen molar-refractivity contribution in [1.29, 1.82) is 0 Å². The van der Waals surface area contributed by atoms with Crippen LogP contribution in [0.1, 0.15) is 38.0 Å². The molecule has 1 amide bonds. The first-order valence-corrected chi connectivity index (χ1v) is 10.9. The predicted molar refractivity (Wildman–Crippen MR) is 130 cm³/mol. The van der Waals surface area contributed by atoms with Crippen molar-refractivity contribution in [3.05, 3.63) is 100 Å². The van der Waals surface area contributed by atoms with E-state index in [-0.39, 0.29) is 23.3 Å². The Morgan fingerprint density at radius 3 is 2.21 bits per heavy atom. The Bertz CT molecular complexity index is 1390. The van der Waals surface area contributed by atoms with Crippen molar-refractivity contribution in [2.24, 2.45) is 11.1 Å². The lowest BCUT2D eigenvalue weighted by molar-refractivity contribution is 0.0360. The molecule has 0 saturated heterocycles. The Kier molecular flexibility index (Phi) is 6.20. The second kappa shape index (κ2) is 9.09. The SMILES string of the molecule is CC(C)(C)C(OC(N)=O)c1ccc(-c2nn(Cc3ccc(F)cc3)c(=O)c3ccccc23)cc1. The average molecular weight is 460 g/mol. The molecule has 0 bridgehead atoms. The zero-order chi connectivity index (χ0) is 24.5. The summed E-state index contributed by atoms with van der Waals surface area (Å²) in [5.74, 6) is -0.336. The summed E-state index contributed by atoms with van der Waals surface area (Å²) in [5, 5.41) is 5.94. The molecule has 0 aliphatic carbocycles. The van der Waals surface area contributed by atoms with Gasteiger partial charge in [-0.1, -0.05) is 75.4 Å². The minimum Gasteiger partial charge on any atom is -0.441 e. The Morgan fingerprint density at radius 2 is 1.62 bits per heavy atom. The van der Waals surface area contributed by atoms with E-state index >= 15 is 0 Å². The van der Waals surface area contributed by atoms with E-state index in [0.29, 0.717) is 11.1 Å². The summed E-state index contributed by atoms with van der Waals surface area (Å²) in [6.07, 6.45) is -1.35. The maximum atomic E-state index is 13.3. The number of amides is 1. The van der Waals surface area contributed by atoms with E-state index in [1.54, 1.807) is 18.2 Å². The normalized spacial score (nSPS) is 12.5. The van der Waals surface area contributed by atoms with Gasteiger partial charge in [-0.15, -0.1) is 0 Å². The summed E-state index contributed by atoms with van der Waals surface area (Å²) in [5.41, 5.74) is 7.73. The number of hydrogen-bond acceptors (Lipinski definition) is 4. The molecule has 0 aliphatic rings. The molecule has 7 heteroatoms. The lowest BCUT2D eigenvalue weighted by Crippen LogP contribution is -2.27. The van der Waals surface area contributed by atoms with Crippen molar-refractivity contribution in [3.8, 4) is 11.3 Å². The number of hydrogen-bond donors (Lipinski definition) is 1. The second-order valence-electron chi connectivity index (χ2n) is 9.29. The van der Waals surface area contributed by atoms with Crippen LogP contribution in [0.15, 0.2) is 77.6 Å². The monoisotopic (exact) mass is 459 g/mol. The third-order valence-corrected chi connectivity index (χ3v) is 5.62. The van der Waals surface area contributed by atoms with Crippen LogP contribution in [0.5, 0.6) is 0 Å². The molecule has 1 unspecified atom stereocenters. The largest absolute Gasteiger partial charge is 0.441 e. The quantitative estimate of drug-likeness (QED) is 0.431. The summed E-state index contributed by atoms with van der Waals surface area (Å²) in [4.78, 5) is 24.5. The number of nitrogens with two attached hydrogens (primary N) is 1. The van der Waals surface area contributed by atoms with E-state index in [1.165, 1.54) is 16.8 Å². The van der Waals surface area contributed by atoms with E-state index in [2.05, 4.69) is 5.10 Å². The van der Waals surface area contributed by atoms with Crippen LogP contribution in [0, 0.1) is 11.2 Å². The Balaban J connectivity index is 1.79. The van der Waals surface area contributed by atoms with Crippen molar-refractivity contribution in [2.75, 3.05) is 0 Å². The fourth-order valence-electron chi connectivity index (χ4n) is 4.00. The van der Waals surface area contributed by atoms with Crippen LogP contribution in [0.3, 0.4) is 0 Å². The van der Waals surface area contributed by atoms with Gasteiger partial charge in [0.15, 0.2) is 0 Å². The van der Waals surface area contributed by atoms with Gasteiger partial charge in [-0.05, 0) is 29.3 Å². The highest BCUT2D eigenvalue weighted by Crippen LogP contribution is 2.37. The summed E-state index contributed by atoms with van der Waals surface area (Å²) < 4.78 is 20.1. The van der Waals surface area contributed by atoms with Crippen LogP contribution in [-0.2, 0) is 11.3 Å². The number of nitrogens with zero attached hydrogens (tertiary/aromatic N) is 2.